The van der Waals surface area contributed by atoms with E-state index >= 15 is 0 Å². The molecule has 2 atom stereocenters. The molecule has 0 saturated heterocycles. The highest BCUT2D eigenvalue weighted by molar-refractivity contribution is 9.10. The SMILES string of the molecule is COC(=O)C1=C(C)NC2=C(C(=O)C[C@H](c3ccc(OC)cc3)C2)[C@@H]1c1cc(Br)c(O)c(OC)c1. The van der Waals surface area contributed by atoms with Crippen molar-refractivity contribution in [2.24, 2.45) is 0 Å². The summed E-state index contributed by atoms with van der Waals surface area (Å²) in [5.74, 6) is -0.269. The number of ketones is 1. The van der Waals surface area contributed by atoms with Crippen LogP contribution in [0.2, 0.25) is 0 Å². The molecule has 0 amide bonds. The fourth-order valence-electron chi connectivity index (χ4n) is 4.78. The van der Waals surface area contributed by atoms with E-state index in [1.54, 1.807) is 26.2 Å². The molecule has 7 nitrogen and oxygen atoms in total. The predicted octanol–water partition coefficient (Wildman–Crippen LogP) is 4.71. The normalized spacial score (nSPS) is 20.0. The van der Waals surface area contributed by atoms with E-state index in [1.165, 1.54) is 14.2 Å². The molecule has 2 aromatic rings. The number of phenols is 1. The summed E-state index contributed by atoms with van der Waals surface area (Å²) in [5.41, 5.74) is 4.00. The predicted molar refractivity (Wildman–Crippen MR) is 130 cm³/mol. The van der Waals surface area contributed by atoms with Crippen LogP contribution in [-0.2, 0) is 14.3 Å². The summed E-state index contributed by atoms with van der Waals surface area (Å²) in [6.45, 7) is 1.80. The lowest BCUT2D eigenvalue weighted by atomic mass is 9.71. The van der Waals surface area contributed by atoms with E-state index in [2.05, 4.69) is 21.2 Å². The molecular weight excluding hydrogens is 502 g/mol. The van der Waals surface area contributed by atoms with Crippen LogP contribution < -0.4 is 14.8 Å². The fourth-order valence-corrected chi connectivity index (χ4v) is 5.24. The van der Waals surface area contributed by atoms with Gasteiger partial charge in [-0.3, -0.25) is 4.79 Å². The molecule has 0 aromatic heterocycles. The number of hydrogen-bond donors (Lipinski definition) is 2. The summed E-state index contributed by atoms with van der Waals surface area (Å²) < 4.78 is 16.1. The number of phenolic OH excluding ortho intramolecular Hbond substituents is 1. The van der Waals surface area contributed by atoms with Crippen LogP contribution in [0.1, 0.15) is 42.7 Å². The number of methoxy groups -OCH3 is 3. The minimum Gasteiger partial charge on any atom is -0.503 e. The van der Waals surface area contributed by atoms with E-state index in [4.69, 9.17) is 14.2 Å². The number of rotatable bonds is 5. The molecule has 2 N–H and O–H groups in total. The Morgan fingerprint density at radius 3 is 2.38 bits per heavy atom. The average Bonchev–Trinajstić information content (AvgIpc) is 2.84. The maximum atomic E-state index is 13.6. The van der Waals surface area contributed by atoms with Crippen LogP contribution >= 0.6 is 15.9 Å². The quantitative estimate of drug-likeness (QED) is 0.543. The van der Waals surface area contributed by atoms with Crippen LogP contribution in [0.3, 0.4) is 0 Å². The number of carbonyl (C=O) groups is 2. The van der Waals surface area contributed by atoms with Crippen molar-refractivity contribution >= 4 is 27.7 Å². The van der Waals surface area contributed by atoms with Gasteiger partial charge in [0.1, 0.15) is 5.75 Å². The molecule has 0 radical (unpaired) electrons. The molecule has 4 rings (SSSR count). The molecule has 1 aliphatic heterocycles. The van der Waals surface area contributed by atoms with Crippen molar-refractivity contribution in [1.29, 1.82) is 0 Å². The minimum atomic E-state index is -0.654. The number of allylic oxidation sites excluding steroid dienone is 3. The Hall–Kier alpha value is -3.26. The lowest BCUT2D eigenvalue weighted by Crippen LogP contribution is -2.36. The Balaban J connectivity index is 1.83. The third kappa shape index (κ3) is 4.18. The van der Waals surface area contributed by atoms with Crippen molar-refractivity contribution in [3.8, 4) is 17.2 Å². The van der Waals surface area contributed by atoms with E-state index in [0.717, 1.165) is 17.0 Å². The van der Waals surface area contributed by atoms with E-state index in [-0.39, 0.29) is 23.2 Å². The Morgan fingerprint density at radius 2 is 1.76 bits per heavy atom. The first kappa shape index (κ1) is 23.9. The highest BCUT2D eigenvalue weighted by Gasteiger charge is 2.41. The topological polar surface area (TPSA) is 94.1 Å². The van der Waals surface area contributed by atoms with E-state index in [9.17, 15) is 14.7 Å². The van der Waals surface area contributed by atoms with Gasteiger partial charge in [0.2, 0.25) is 0 Å². The second-order valence-electron chi connectivity index (χ2n) is 8.34. The third-order valence-corrected chi connectivity index (χ3v) is 7.03. The number of Topliss-reactive ketones (excluding diaryl/α,β-unsaturated/α-hetero) is 1. The molecular formula is C26H26BrNO6. The first-order chi connectivity index (χ1) is 16.3. The number of halogens is 1. The van der Waals surface area contributed by atoms with E-state index in [1.807, 2.05) is 24.3 Å². The number of nitrogens with one attached hydrogen (secondary N) is 1. The summed E-state index contributed by atoms with van der Waals surface area (Å²) in [5, 5.41) is 13.6. The molecule has 0 fully saturated rings. The average molecular weight is 528 g/mol. The van der Waals surface area contributed by atoms with Crippen LogP contribution in [0.4, 0.5) is 0 Å². The van der Waals surface area contributed by atoms with Crippen molar-refractivity contribution in [3.63, 3.8) is 0 Å². The van der Waals surface area contributed by atoms with Gasteiger partial charge in [-0.1, -0.05) is 12.1 Å². The van der Waals surface area contributed by atoms with Crippen molar-refractivity contribution in [1.82, 2.24) is 5.32 Å². The molecule has 178 valence electrons. The van der Waals surface area contributed by atoms with Gasteiger partial charge in [-0.25, -0.2) is 4.79 Å². The number of hydrogen-bond acceptors (Lipinski definition) is 7. The molecule has 1 aliphatic carbocycles. The number of ether oxygens (including phenoxy) is 3. The zero-order valence-corrected chi connectivity index (χ0v) is 21.0. The zero-order chi connectivity index (χ0) is 24.6. The van der Waals surface area contributed by atoms with Crippen LogP contribution in [0.15, 0.2) is 63.4 Å². The third-order valence-electron chi connectivity index (χ3n) is 6.42. The van der Waals surface area contributed by atoms with Crippen molar-refractivity contribution in [3.05, 3.63) is 74.5 Å². The first-order valence-corrected chi connectivity index (χ1v) is 11.6. The van der Waals surface area contributed by atoms with Crippen LogP contribution in [0.25, 0.3) is 0 Å². The maximum Gasteiger partial charge on any atom is 0.336 e. The van der Waals surface area contributed by atoms with Crippen molar-refractivity contribution < 1.29 is 28.9 Å². The maximum absolute atomic E-state index is 13.6. The van der Waals surface area contributed by atoms with Gasteiger partial charge in [-0.05, 0) is 70.6 Å². The summed E-state index contributed by atoms with van der Waals surface area (Å²) in [6.07, 6.45) is 0.930. The number of esters is 1. The molecule has 0 bridgehead atoms. The molecule has 0 saturated carbocycles. The minimum absolute atomic E-state index is 0.00104. The van der Waals surface area contributed by atoms with Gasteiger partial charge in [0, 0.05) is 29.3 Å². The fraction of sp³-hybridized carbons (Fsp3) is 0.308. The van der Waals surface area contributed by atoms with Gasteiger partial charge >= 0.3 is 5.97 Å². The Morgan fingerprint density at radius 1 is 1.06 bits per heavy atom. The number of benzene rings is 2. The smallest absolute Gasteiger partial charge is 0.336 e. The van der Waals surface area contributed by atoms with Gasteiger partial charge in [-0.2, -0.15) is 0 Å². The highest BCUT2D eigenvalue weighted by Crippen LogP contribution is 2.48. The second-order valence-corrected chi connectivity index (χ2v) is 9.19. The van der Waals surface area contributed by atoms with Gasteiger partial charge < -0.3 is 24.6 Å². The van der Waals surface area contributed by atoms with Gasteiger partial charge in [0.25, 0.3) is 0 Å². The largest absolute Gasteiger partial charge is 0.503 e. The molecule has 2 aliphatic rings. The van der Waals surface area contributed by atoms with E-state index < -0.39 is 11.9 Å². The van der Waals surface area contributed by atoms with Crippen molar-refractivity contribution in [2.75, 3.05) is 21.3 Å². The monoisotopic (exact) mass is 527 g/mol. The van der Waals surface area contributed by atoms with Gasteiger partial charge in [0.15, 0.2) is 17.3 Å². The summed E-state index contributed by atoms with van der Waals surface area (Å²) in [4.78, 5) is 26.4. The summed E-state index contributed by atoms with van der Waals surface area (Å²) >= 11 is 3.36. The van der Waals surface area contributed by atoms with Gasteiger partial charge in [0.05, 0.1) is 31.4 Å². The number of carbonyl (C=O) groups excluding carboxylic acids is 2. The molecule has 8 heteroatoms. The Labute approximate surface area is 206 Å². The summed E-state index contributed by atoms with van der Waals surface area (Å²) in [7, 11) is 4.39. The molecule has 34 heavy (non-hydrogen) atoms. The lowest BCUT2D eigenvalue weighted by molar-refractivity contribution is -0.136. The molecule has 0 unspecified atom stereocenters. The molecule has 1 heterocycles. The molecule has 0 spiro atoms. The number of aromatic hydroxyl groups is 1. The summed E-state index contributed by atoms with van der Waals surface area (Å²) in [6, 6.07) is 11.1. The standard InChI is InChI=1S/C26H26BrNO6/c1-13-22(26(31)34-4)23(16-9-18(27)25(30)21(12-16)33-3)24-19(28-13)10-15(11-20(24)29)14-5-7-17(32-2)8-6-14/h5-9,12,15,23,28,30H,10-11H2,1-4H3/t15-,23-/m1/s1. The highest BCUT2D eigenvalue weighted by atomic mass is 79.9. The van der Waals surface area contributed by atoms with Crippen LogP contribution in [0, 0.1) is 0 Å². The first-order valence-electron chi connectivity index (χ1n) is 10.8. The van der Waals surface area contributed by atoms with Gasteiger partial charge in [-0.15, -0.1) is 0 Å². The Bertz CT molecular complexity index is 1210. The van der Waals surface area contributed by atoms with Crippen molar-refractivity contribution in [2.45, 2.75) is 31.6 Å². The van der Waals surface area contributed by atoms with Crippen LogP contribution in [0.5, 0.6) is 17.2 Å². The zero-order valence-electron chi connectivity index (χ0n) is 19.4. The van der Waals surface area contributed by atoms with Crippen LogP contribution in [-0.4, -0.2) is 38.2 Å². The Kier molecular flexibility index (Phi) is 6.70. The van der Waals surface area contributed by atoms with E-state index in [0.29, 0.717) is 39.7 Å². The number of dihydropyridines is 1. The lowest BCUT2D eigenvalue weighted by Gasteiger charge is -2.36. The second kappa shape index (κ2) is 9.54. The molecule has 2 aromatic carbocycles.